The second-order valence-electron chi connectivity index (χ2n) is 5.11. The number of halogens is 2. The first kappa shape index (κ1) is 15.4. The smallest absolute Gasteiger partial charge is 0.0684 e. The molecule has 1 aromatic heterocycles. The summed E-state index contributed by atoms with van der Waals surface area (Å²) in [7, 11) is 4.39. The molecule has 1 aromatic rings. The van der Waals surface area contributed by atoms with Crippen molar-refractivity contribution in [2.75, 3.05) is 40.3 Å². The van der Waals surface area contributed by atoms with Gasteiger partial charge in [0, 0.05) is 53.9 Å². The molecule has 2 rings (SSSR count). The Labute approximate surface area is 131 Å². The number of hydrogen-bond acceptors (Lipinski definition) is 4. The molecule has 1 N–H and O–H groups in total. The summed E-state index contributed by atoms with van der Waals surface area (Å²) in [4.78, 5) is 9.23. The van der Waals surface area contributed by atoms with E-state index in [4.69, 9.17) is 0 Å². The molecule has 4 nitrogen and oxygen atoms in total. The van der Waals surface area contributed by atoms with Crippen LogP contribution in [0.3, 0.4) is 0 Å². The number of likely N-dealkylation sites (N-methyl/N-ethyl adjacent to an activating group) is 2. The van der Waals surface area contributed by atoms with Crippen LogP contribution < -0.4 is 5.32 Å². The molecule has 0 radical (unpaired) electrons. The fourth-order valence-electron chi connectivity index (χ4n) is 2.25. The third kappa shape index (κ3) is 4.49. The Morgan fingerprint density at radius 2 is 2.16 bits per heavy atom. The molecule has 0 aliphatic carbocycles. The van der Waals surface area contributed by atoms with E-state index in [1.165, 1.54) is 0 Å². The van der Waals surface area contributed by atoms with Gasteiger partial charge in [-0.3, -0.25) is 9.88 Å². The number of rotatable bonds is 4. The van der Waals surface area contributed by atoms with Gasteiger partial charge in [0.25, 0.3) is 0 Å². The van der Waals surface area contributed by atoms with Crippen LogP contribution in [-0.2, 0) is 6.54 Å². The molecular formula is C13H20Br2N4. The zero-order chi connectivity index (χ0) is 13.8. The van der Waals surface area contributed by atoms with E-state index in [0.29, 0.717) is 6.04 Å². The van der Waals surface area contributed by atoms with E-state index >= 15 is 0 Å². The largest absolute Gasteiger partial charge is 0.310 e. The Kier molecular flexibility index (Phi) is 5.77. The van der Waals surface area contributed by atoms with Gasteiger partial charge in [-0.05, 0) is 52.0 Å². The lowest BCUT2D eigenvalue weighted by Gasteiger charge is -2.37. The zero-order valence-electron chi connectivity index (χ0n) is 11.4. The van der Waals surface area contributed by atoms with E-state index in [2.05, 4.69) is 66.1 Å². The molecule has 0 spiro atoms. The van der Waals surface area contributed by atoms with Crippen LogP contribution in [0, 0.1) is 0 Å². The fourth-order valence-corrected chi connectivity index (χ4v) is 3.38. The van der Waals surface area contributed by atoms with E-state index < -0.39 is 0 Å². The minimum absolute atomic E-state index is 0.577. The van der Waals surface area contributed by atoms with Crippen molar-refractivity contribution in [1.29, 1.82) is 0 Å². The van der Waals surface area contributed by atoms with E-state index in [9.17, 15) is 0 Å². The van der Waals surface area contributed by atoms with Gasteiger partial charge in [0.15, 0.2) is 0 Å². The Balaban J connectivity index is 1.82. The Bertz CT molecular complexity index is 427. The third-order valence-electron chi connectivity index (χ3n) is 3.54. The normalized spacial score (nSPS) is 21.8. The number of pyridine rings is 1. The molecule has 0 aromatic carbocycles. The molecule has 0 amide bonds. The highest BCUT2D eigenvalue weighted by molar-refractivity contribution is 9.11. The van der Waals surface area contributed by atoms with Crippen LogP contribution in [0.5, 0.6) is 0 Å². The molecule has 1 atom stereocenters. The van der Waals surface area contributed by atoms with Gasteiger partial charge in [-0.1, -0.05) is 0 Å². The first-order chi connectivity index (χ1) is 9.06. The Morgan fingerprint density at radius 1 is 1.37 bits per heavy atom. The fraction of sp³-hybridized carbons (Fsp3) is 0.615. The van der Waals surface area contributed by atoms with Gasteiger partial charge in [-0.15, -0.1) is 0 Å². The maximum Gasteiger partial charge on any atom is 0.0684 e. The quantitative estimate of drug-likeness (QED) is 0.849. The highest BCUT2D eigenvalue weighted by Crippen LogP contribution is 2.19. The molecule has 1 aliphatic rings. The van der Waals surface area contributed by atoms with Crippen molar-refractivity contribution in [2.24, 2.45) is 0 Å². The SMILES string of the molecule is CN1CCN(C)C(CNCc2ncc(Br)cc2Br)C1. The monoisotopic (exact) mass is 390 g/mol. The number of hydrogen-bond donors (Lipinski definition) is 1. The molecule has 6 heteroatoms. The molecule has 2 heterocycles. The van der Waals surface area contributed by atoms with E-state index in [-0.39, 0.29) is 0 Å². The summed E-state index contributed by atoms with van der Waals surface area (Å²) < 4.78 is 2.04. The van der Waals surface area contributed by atoms with Gasteiger partial charge in [0.1, 0.15) is 0 Å². The molecule has 1 fully saturated rings. The number of aromatic nitrogens is 1. The van der Waals surface area contributed by atoms with Crippen LogP contribution in [0.1, 0.15) is 5.69 Å². The summed E-state index contributed by atoms with van der Waals surface area (Å²) in [6, 6.07) is 2.61. The van der Waals surface area contributed by atoms with Crippen molar-refractivity contribution < 1.29 is 0 Å². The molecule has 1 unspecified atom stereocenters. The van der Waals surface area contributed by atoms with Crippen molar-refractivity contribution in [3.8, 4) is 0 Å². The minimum atomic E-state index is 0.577. The van der Waals surface area contributed by atoms with E-state index in [0.717, 1.165) is 47.4 Å². The summed E-state index contributed by atoms with van der Waals surface area (Å²) in [5.74, 6) is 0. The van der Waals surface area contributed by atoms with Gasteiger partial charge < -0.3 is 10.2 Å². The van der Waals surface area contributed by atoms with Crippen molar-refractivity contribution >= 4 is 31.9 Å². The van der Waals surface area contributed by atoms with Gasteiger partial charge in [0.05, 0.1) is 5.69 Å². The third-order valence-corrected chi connectivity index (χ3v) is 4.66. The average molecular weight is 392 g/mol. The maximum absolute atomic E-state index is 4.41. The molecule has 0 saturated carbocycles. The van der Waals surface area contributed by atoms with Crippen LogP contribution >= 0.6 is 31.9 Å². The van der Waals surface area contributed by atoms with Crippen LogP contribution in [0.15, 0.2) is 21.2 Å². The summed E-state index contributed by atoms with van der Waals surface area (Å²) in [6.07, 6.45) is 1.84. The minimum Gasteiger partial charge on any atom is -0.310 e. The van der Waals surface area contributed by atoms with E-state index in [1.807, 2.05) is 12.3 Å². The lowest BCUT2D eigenvalue weighted by Crippen LogP contribution is -2.53. The van der Waals surface area contributed by atoms with Crippen LogP contribution in [0.4, 0.5) is 0 Å². The second-order valence-corrected chi connectivity index (χ2v) is 6.88. The van der Waals surface area contributed by atoms with E-state index in [1.54, 1.807) is 0 Å². The van der Waals surface area contributed by atoms with Gasteiger partial charge >= 0.3 is 0 Å². The molecule has 106 valence electrons. The lowest BCUT2D eigenvalue weighted by molar-refractivity contribution is 0.113. The molecule has 1 aliphatic heterocycles. The Morgan fingerprint density at radius 3 is 2.89 bits per heavy atom. The summed E-state index contributed by atoms with van der Waals surface area (Å²) in [5.41, 5.74) is 1.05. The van der Waals surface area contributed by atoms with Crippen molar-refractivity contribution in [3.63, 3.8) is 0 Å². The first-order valence-electron chi connectivity index (χ1n) is 6.45. The number of nitrogens with zero attached hydrogens (tertiary/aromatic N) is 3. The summed E-state index contributed by atoms with van der Waals surface area (Å²) in [6.45, 7) is 5.21. The first-order valence-corrected chi connectivity index (χ1v) is 8.04. The van der Waals surface area contributed by atoms with Gasteiger partial charge in [-0.2, -0.15) is 0 Å². The number of piperazine rings is 1. The molecular weight excluding hydrogens is 372 g/mol. The highest BCUT2D eigenvalue weighted by atomic mass is 79.9. The summed E-state index contributed by atoms with van der Waals surface area (Å²) in [5, 5.41) is 3.51. The van der Waals surface area contributed by atoms with Crippen molar-refractivity contribution in [2.45, 2.75) is 12.6 Å². The topological polar surface area (TPSA) is 31.4 Å². The average Bonchev–Trinajstić information content (AvgIpc) is 2.36. The molecule has 19 heavy (non-hydrogen) atoms. The maximum atomic E-state index is 4.41. The highest BCUT2D eigenvalue weighted by Gasteiger charge is 2.21. The van der Waals surface area contributed by atoms with Gasteiger partial charge in [-0.25, -0.2) is 0 Å². The lowest BCUT2D eigenvalue weighted by atomic mass is 10.2. The van der Waals surface area contributed by atoms with Crippen molar-refractivity contribution in [1.82, 2.24) is 20.1 Å². The van der Waals surface area contributed by atoms with Gasteiger partial charge in [0.2, 0.25) is 0 Å². The number of nitrogens with one attached hydrogen (secondary N) is 1. The molecule has 1 saturated heterocycles. The Hall–Kier alpha value is -0.0100. The van der Waals surface area contributed by atoms with Crippen LogP contribution in [-0.4, -0.2) is 61.1 Å². The molecule has 0 bridgehead atoms. The zero-order valence-corrected chi connectivity index (χ0v) is 14.5. The predicted octanol–water partition coefficient (Wildman–Crippen LogP) is 1.94. The van der Waals surface area contributed by atoms with Crippen LogP contribution in [0.2, 0.25) is 0 Å². The van der Waals surface area contributed by atoms with Crippen molar-refractivity contribution in [3.05, 3.63) is 26.9 Å². The standard InChI is InChI=1S/C13H20Br2N4/c1-18-3-4-19(2)11(9-18)7-16-8-13-12(15)5-10(14)6-17-13/h5-6,11,16H,3-4,7-9H2,1-2H3. The summed E-state index contributed by atoms with van der Waals surface area (Å²) >= 11 is 6.96. The second kappa shape index (κ2) is 7.13. The van der Waals surface area contributed by atoms with Crippen LogP contribution in [0.25, 0.3) is 0 Å². The predicted molar refractivity (Wildman–Crippen MR) is 85.3 cm³/mol.